The smallest absolute Gasteiger partial charge is 0.201 e. The Balaban J connectivity index is 1.83. The van der Waals surface area contributed by atoms with Crippen LogP contribution in [0.25, 0.3) is 22.4 Å². The van der Waals surface area contributed by atoms with Gasteiger partial charge in [-0.05, 0) is 78.4 Å². The second-order valence-corrected chi connectivity index (χ2v) is 9.34. The highest BCUT2D eigenvalue weighted by molar-refractivity contribution is 5.82. The molecule has 0 saturated carbocycles. The molecule has 0 bridgehead atoms. The van der Waals surface area contributed by atoms with Gasteiger partial charge in [-0.1, -0.05) is 50.6 Å². The largest absolute Gasteiger partial charge is 0.212 e. The molecule has 0 saturated heterocycles. The normalized spacial score (nSPS) is 14.4. The van der Waals surface area contributed by atoms with E-state index in [1.807, 2.05) is 40.9 Å². The summed E-state index contributed by atoms with van der Waals surface area (Å²) < 4.78 is 19.5. The molecule has 0 aliphatic heterocycles. The van der Waals surface area contributed by atoms with Crippen LogP contribution in [0.15, 0.2) is 42.6 Å². The number of fused-ring (bicyclic) bond motifs is 3. The van der Waals surface area contributed by atoms with Crippen LogP contribution in [0.1, 0.15) is 56.9 Å². The third-order valence-corrected chi connectivity index (χ3v) is 5.78. The molecule has 0 spiro atoms. The highest BCUT2D eigenvalue weighted by Crippen LogP contribution is 2.41. The lowest BCUT2D eigenvalue weighted by Gasteiger charge is -2.19. The minimum Gasteiger partial charge on any atom is -0.201 e. The van der Waals surface area contributed by atoms with E-state index in [1.165, 1.54) is 38.9 Å². The number of nitrogens with zero attached hydrogens (tertiary/aromatic N) is 1. The molecular weight excluding hydrogens is 338 g/mol. The van der Waals surface area contributed by atoms with Crippen molar-refractivity contribution in [2.24, 2.45) is 12.5 Å². The molecule has 0 atom stereocenters. The lowest BCUT2D eigenvalue weighted by Crippen LogP contribution is -2.32. The van der Waals surface area contributed by atoms with Crippen molar-refractivity contribution in [2.45, 2.75) is 54.3 Å². The molecule has 4 rings (SSSR count). The highest BCUT2D eigenvalue weighted by atomic mass is 14.9. The van der Waals surface area contributed by atoms with Crippen molar-refractivity contribution in [3.63, 3.8) is 0 Å². The maximum Gasteiger partial charge on any atom is 0.212 e. The van der Waals surface area contributed by atoms with Crippen molar-refractivity contribution in [1.29, 1.82) is 0 Å². The first-order chi connectivity index (χ1) is 13.9. The van der Waals surface area contributed by atoms with E-state index in [9.17, 15) is 0 Å². The van der Waals surface area contributed by atoms with Crippen molar-refractivity contribution in [3.8, 4) is 22.4 Å². The lowest BCUT2D eigenvalue weighted by molar-refractivity contribution is -0.660. The first kappa shape index (κ1) is 16.5. The summed E-state index contributed by atoms with van der Waals surface area (Å²) in [4.78, 5) is 0. The topological polar surface area (TPSA) is 3.88 Å². The molecule has 1 aliphatic rings. The predicted molar refractivity (Wildman–Crippen MR) is 119 cm³/mol. The molecule has 3 aromatic rings. The van der Waals surface area contributed by atoms with Gasteiger partial charge in [0.25, 0.3) is 0 Å². The number of benzene rings is 2. The Labute approximate surface area is 172 Å². The van der Waals surface area contributed by atoms with Crippen LogP contribution in [0, 0.1) is 26.2 Å². The number of hydrogen-bond acceptors (Lipinski definition) is 0. The van der Waals surface area contributed by atoms with E-state index < -0.39 is 11.8 Å². The molecule has 0 fully saturated rings. The fraction of sp³-hybridized carbons (Fsp3) is 0.370. The van der Waals surface area contributed by atoms with Crippen molar-refractivity contribution < 1.29 is 7.31 Å². The van der Waals surface area contributed by atoms with Crippen LogP contribution in [0.2, 0.25) is 0 Å². The van der Waals surface area contributed by atoms with E-state index >= 15 is 0 Å². The molecule has 0 unspecified atom stereocenters. The fourth-order valence-electron chi connectivity index (χ4n) is 4.39. The molecule has 0 radical (unpaired) electrons. The molecule has 2 aromatic carbocycles. The Morgan fingerprint density at radius 2 is 1.64 bits per heavy atom. The molecule has 144 valence electrons. The van der Waals surface area contributed by atoms with E-state index in [0.717, 1.165) is 23.2 Å². The van der Waals surface area contributed by atoms with E-state index in [2.05, 4.69) is 54.8 Å². The van der Waals surface area contributed by atoms with Gasteiger partial charge in [0.05, 0.1) is 0 Å². The van der Waals surface area contributed by atoms with E-state index in [0.29, 0.717) is 0 Å². The van der Waals surface area contributed by atoms with Gasteiger partial charge in [-0.15, -0.1) is 0 Å². The summed E-state index contributed by atoms with van der Waals surface area (Å²) in [6.07, 6.45) is 1.57. The van der Waals surface area contributed by atoms with Gasteiger partial charge in [0, 0.05) is 19.9 Å². The maximum atomic E-state index is 8.72. The van der Waals surface area contributed by atoms with E-state index in [1.54, 1.807) is 0 Å². The van der Waals surface area contributed by atoms with Gasteiger partial charge in [-0.2, -0.15) is 0 Å². The Morgan fingerprint density at radius 3 is 2.36 bits per heavy atom. The molecule has 1 heteroatoms. The maximum absolute atomic E-state index is 8.72. The zero-order valence-corrected chi connectivity index (χ0v) is 18.2. The van der Waals surface area contributed by atoms with Crippen LogP contribution in [0.3, 0.4) is 0 Å². The van der Waals surface area contributed by atoms with Gasteiger partial charge in [-0.3, -0.25) is 0 Å². The second kappa shape index (κ2) is 6.58. The van der Waals surface area contributed by atoms with Crippen LogP contribution < -0.4 is 4.57 Å². The second-order valence-electron chi connectivity index (χ2n) is 9.34. The van der Waals surface area contributed by atoms with Crippen LogP contribution in [-0.2, 0) is 19.8 Å². The number of pyridine rings is 1. The zero-order chi connectivity index (χ0) is 22.0. The van der Waals surface area contributed by atoms with Gasteiger partial charge in [0.2, 0.25) is 5.69 Å². The van der Waals surface area contributed by atoms with Gasteiger partial charge in [0.1, 0.15) is 7.05 Å². The van der Waals surface area contributed by atoms with Crippen LogP contribution in [-0.4, -0.2) is 0 Å². The molecule has 28 heavy (non-hydrogen) atoms. The fourth-order valence-corrected chi connectivity index (χ4v) is 4.39. The minimum absolute atomic E-state index is 0.473. The predicted octanol–water partition coefficient (Wildman–Crippen LogP) is 6.26. The summed E-state index contributed by atoms with van der Waals surface area (Å²) in [5, 5.41) is 0. The first-order valence-corrected chi connectivity index (χ1v) is 10.2. The monoisotopic (exact) mass is 372 g/mol. The summed E-state index contributed by atoms with van der Waals surface area (Å²) in [6, 6.07) is 13.4. The van der Waals surface area contributed by atoms with Gasteiger partial charge >= 0.3 is 0 Å². The number of rotatable bonds is 2. The molecular formula is C27H32N+. The Hall–Kier alpha value is -2.41. The summed E-state index contributed by atoms with van der Waals surface area (Å²) in [7, 11) is 2.03. The average molecular weight is 373 g/mol. The van der Waals surface area contributed by atoms with Gasteiger partial charge in [-0.25, -0.2) is 4.57 Å². The van der Waals surface area contributed by atoms with Crippen LogP contribution in [0.5, 0.6) is 0 Å². The summed E-state index contributed by atoms with van der Waals surface area (Å²) in [6.45, 7) is 12.3. The standard InChI is InChI=1S/C27H32N/c1-17-8-9-23-20(12-17)14-25-19(3)22(10-11-24(23)25)26-13-18(2)21(16-28(26)7)15-27(4,5)6/h8-13,16H,14-15H2,1-7H3/q+1/i15D2. The molecule has 1 aliphatic carbocycles. The molecule has 0 amide bonds. The van der Waals surface area contributed by atoms with E-state index in [-0.39, 0.29) is 0 Å². The number of aromatic nitrogens is 1. The summed E-state index contributed by atoms with van der Waals surface area (Å²) >= 11 is 0. The van der Waals surface area contributed by atoms with Crippen molar-refractivity contribution in [3.05, 3.63) is 76.0 Å². The molecule has 1 aromatic heterocycles. The SMILES string of the molecule is [2H]C([2H])(c1c[n+](C)c(-c2ccc3c(c2C)Cc2cc(C)ccc2-3)cc1C)C(C)(C)C. The molecule has 1 heterocycles. The van der Waals surface area contributed by atoms with Crippen molar-refractivity contribution >= 4 is 0 Å². The minimum atomic E-state index is -1.40. The summed E-state index contributed by atoms with van der Waals surface area (Å²) in [5.41, 5.74) is 11.8. The number of aryl methyl sites for hydroxylation is 3. The third-order valence-electron chi connectivity index (χ3n) is 5.78. The highest BCUT2D eigenvalue weighted by Gasteiger charge is 2.25. The van der Waals surface area contributed by atoms with E-state index in [4.69, 9.17) is 2.74 Å². The van der Waals surface area contributed by atoms with Gasteiger partial charge in [0.15, 0.2) is 6.20 Å². The Kier molecular flexibility index (Phi) is 3.89. The van der Waals surface area contributed by atoms with Crippen LogP contribution in [0.4, 0.5) is 0 Å². The zero-order valence-electron chi connectivity index (χ0n) is 20.2. The molecule has 1 nitrogen and oxygen atoms in total. The summed E-state index contributed by atoms with van der Waals surface area (Å²) in [5.74, 6) is 0. The van der Waals surface area contributed by atoms with Crippen molar-refractivity contribution in [1.82, 2.24) is 0 Å². The first-order valence-electron chi connectivity index (χ1n) is 11.2. The molecule has 0 N–H and O–H groups in total. The number of hydrogen-bond donors (Lipinski definition) is 0. The average Bonchev–Trinajstić information content (AvgIpc) is 3.01. The Bertz CT molecular complexity index is 1170. The van der Waals surface area contributed by atoms with Crippen LogP contribution >= 0.6 is 0 Å². The van der Waals surface area contributed by atoms with Crippen molar-refractivity contribution in [2.75, 3.05) is 0 Å². The third kappa shape index (κ3) is 3.28. The quantitative estimate of drug-likeness (QED) is 0.365. The lowest BCUT2D eigenvalue weighted by atomic mass is 9.86. The Morgan fingerprint density at radius 1 is 0.964 bits per heavy atom. The van der Waals surface area contributed by atoms with Gasteiger partial charge < -0.3 is 0 Å².